The highest BCUT2D eigenvalue weighted by Gasteiger charge is 2.39. The SMILES string of the molecule is CON(C)[C@H]1OC[C@H](O)C(O)[C@@H]1O. The molecule has 6 heteroatoms. The van der Waals surface area contributed by atoms with Crippen LogP contribution >= 0.6 is 0 Å². The van der Waals surface area contributed by atoms with Gasteiger partial charge in [-0.1, -0.05) is 0 Å². The molecule has 0 aromatic carbocycles. The lowest BCUT2D eigenvalue weighted by molar-refractivity contribution is -0.296. The van der Waals surface area contributed by atoms with E-state index in [1.54, 1.807) is 7.05 Å². The topological polar surface area (TPSA) is 82.4 Å². The maximum Gasteiger partial charge on any atom is 0.161 e. The maximum atomic E-state index is 9.45. The lowest BCUT2D eigenvalue weighted by Gasteiger charge is -2.38. The summed E-state index contributed by atoms with van der Waals surface area (Å²) in [6, 6.07) is 0. The number of ether oxygens (including phenoxy) is 1. The van der Waals surface area contributed by atoms with E-state index in [1.807, 2.05) is 0 Å². The summed E-state index contributed by atoms with van der Waals surface area (Å²) in [6.45, 7) is -0.0173. The minimum absolute atomic E-state index is 0.0173. The number of likely N-dealkylation sites (N-methyl/N-ethyl adjacent to an activating group) is 1. The Hall–Kier alpha value is -0.240. The Labute approximate surface area is 76.2 Å². The molecule has 0 aromatic heterocycles. The third kappa shape index (κ3) is 2.16. The Morgan fingerprint density at radius 3 is 2.46 bits per heavy atom. The number of hydrogen-bond acceptors (Lipinski definition) is 6. The molecule has 13 heavy (non-hydrogen) atoms. The van der Waals surface area contributed by atoms with Crippen LogP contribution in [-0.2, 0) is 9.57 Å². The highest BCUT2D eigenvalue weighted by molar-refractivity contribution is 4.84. The fraction of sp³-hybridized carbons (Fsp3) is 1.00. The van der Waals surface area contributed by atoms with E-state index in [0.29, 0.717) is 0 Å². The molecule has 0 aliphatic carbocycles. The summed E-state index contributed by atoms with van der Waals surface area (Å²) >= 11 is 0. The summed E-state index contributed by atoms with van der Waals surface area (Å²) in [5.41, 5.74) is 0. The van der Waals surface area contributed by atoms with Crippen LogP contribution in [0.15, 0.2) is 0 Å². The van der Waals surface area contributed by atoms with E-state index in [0.717, 1.165) is 0 Å². The molecular weight excluding hydrogens is 178 g/mol. The van der Waals surface area contributed by atoms with Gasteiger partial charge in [0.05, 0.1) is 13.7 Å². The average Bonchev–Trinajstić information content (AvgIpc) is 2.13. The minimum atomic E-state index is -1.20. The molecule has 78 valence electrons. The van der Waals surface area contributed by atoms with Crippen molar-refractivity contribution < 1.29 is 24.9 Å². The Bertz CT molecular complexity index is 167. The Morgan fingerprint density at radius 1 is 1.31 bits per heavy atom. The molecule has 1 aliphatic rings. The van der Waals surface area contributed by atoms with E-state index >= 15 is 0 Å². The zero-order valence-electron chi connectivity index (χ0n) is 7.62. The van der Waals surface area contributed by atoms with Gasteiger partial charge in [0.25, 0.3) is 0 Å². The van der Waals surface area contributed by atoms with E-state index in [4.69, 9.17) is 14.7 Å². The molecule has 6 nitrogen and oxygen atoms in total. The lowest BCUT2D eigenvalue weighted by Crippen LogP contribution is -2.57. The summed E-state index contributed by atoms with van der Waals surface area (Å²) in [4.78, 5) is 4.80. The highest BCUT2D eigenvalue weighted by atomic mass is 16.7. The molecule has 0 spiro atoms. The molecule has 0 bridgehead atoms. The first-order valence-corrected chi connectivity index (χ1v) is 4.00. The van der Waals surface area contributed by atoms with Crippen molar-refractivity contribution in [3.05, 3.63) is 0 Å². The first-order chi connectivity index (χ1) is 6.07. The van der Waals surface area contributed by atoms with Crippen molar-refractivity contribution in [1.29, 1.82) is 0 Å². The Kier molecular flexibility index (Phi) is 3.60. The average molecular weight is 193 g/mol. The number of nitrogens with zero attached hydrogens (tertiary/aromatic N) is 1. The molecule has 0 radical (unpaired) electrons. The van der Waals surface area contributed by atoms with Gasteiger partial charge in [-0.3, -0.25) is 4.84 Å². The number of hydroxylamine groups is 2. The molecule has 1 rings (SSSR count). The summed E-state index contributed by atoms with van der Waals surface area (Å²) < 4.78 is 5.07. The fourth-order valence-corrected chi connectivity index (χ4v) is 1.21. The van der Waals surface area contributed by atoms with Gasteiger partial charge in [0.2, 0.25) is 0 Å². The van der Waals surface area contributed by atoms with Crippen LogP contribution in [0.2, 0.25) is 0 Å². The molecule has 4 atom stereocenters. The van der Waals surface area contributed by atoms with Gasteiger partial charge in [0.1, 0.15) is 18.3 Å². The van der Waals surface area contributed by atoms with Crippen molar-refractivity contribution in [3.8, 4) is 0 Å². The van der Waals surface area contributed by atoms with Crippen LogP contribution in [-0.4, -0.2) is 65.7 Å². The lowest BCUT2D eigenvalue weighted by atomic mass is 10.0. The van der Waals surface area contributed by atoms with Gasteiger partial charge in [-0.2, -0.15) is 5.06 Å². The number of aliphatic hydroxyl groups is 3. The normalized spacial score (nSPS) is 41.1. The van der Waals surface area contributed by atoms with E-state index < -0.39 is 24.5 Å². The van der Waals surface area contributed by atoms with Crippen molar-refractivity contribution in [2.75, 3.05) is 20.8 Å². The summed E-state index contributed by atoms with van der Waals surface area (Å²) in [6.07, 6.45) is -4.16. The molecule has 1 unspecified atom stereocenters. The quantitative estimate of drug-likeness (QED) is 0.437. The maximum absolute atomic E-state index is 9.45. The molecule has 0 aromatic rings. The van der Waals surface area contributed by atoms with Crippen LogP contribution in [0.3, 0.4) is 0 Å². The molecule has 3 N–H and O–H groups in total. The smallest absolute Gasteiger partial charge is 0.161 e. The van der Waals surface area contributed by atoms with E-state index in [-0.39, 0.29) is 6.61 Å². The van der Waals surface area contributed by atoms with Crippen LogP contribution in [0.4, 0.5) is 0 Å². The zero-order valence-corrected chi connectivity index (χ0v) is 7.62. The van der Waals surface area contributed by atoms with Crippen LogP contribution < -0.4 is 0 Å². The van der Waals surface area contributed by atoms with Crippen molar-refractivity contribution in [2.24, 2.45) is 0 Å². The van der Waals surface area contributed by atoms with Crippen molar-refractivity contribution in [2.45, 2.75) is 24.5 Å². The molecule has 1 fully saturated rings. The second-order valence-corrected chi connectivity index (χ2v) is 3.00. The predicted molar refractivity (Wildman–Crippen MR) is 42.5 cm³/mol. The highest BCUT2D eigenvalue weighted by Crippen LogP contribution is 2.17. The first-order valence-electron chi connectivity index (χ1n) is 4.00. The van der Waals surface area contributed by atoms with Crippen molar-refractivity contribution in [1.82, 2.24) is 5.06 Å². The van der Waals surface area contributed by atoms with Gasteiger partial charge in [-0.25, -0.2) is 0 Å². The van der Waals surface area contributed by atoms with Gasteiger partial charge >= 0.3 is 0 Å². The summed E-state index contributed by atoms with van der Waals surface area (Å²) in [5.74, 6) is 0. The van der Waals surface area contributed by atoms with Crippen LogP contribution in [0.1, 0.15) is 0 Å². The Morgan fingerprint density at radius 2 is 1.92 bits per heavy atom. The minimum Gasteiger partial charge on any atom is -0.388 e. The molecular formula is C7H15NO5. The zero-order chi connectivity index (χ0) is 10.0. The Balaban J connectivity index is 2.58. The summed E-state index contributed by atoms with van der Waals surface area (Å²) in [7, 11) is 2.99. The van der Waals surface area contributed by atoms with E-state index in [1.165, 1.54) is 12.2 Å². The van der Waals surface area contributed by atoms with Gasteiger partial charge in [-0.05, 0) is 0 Å². The van der Waals surface area contributed by atoms with Crippen LogP contribution in [0.5, 0.6) is 0 Å². The number of rotatable bonds is 2. The first kappa shape index (κ1) is 10.8. The monoisotopic (exact) mass is 193 g/mol. The standard InChI is InChI=1S/C7H15NO5/c1-8(12-2)7-6(11)5(10)4(9)3-13-7/h4-7,9-11H,3H2,1-2H3/t4-,5?,6-,7-/m0/s1. The van der Waals surface area contributed by atoms with E-state index in [2.05, 4.69) is 0 Å². The van der Waals surface area contributed by atoms with Gasteiger partial charge in [0, 0.05) is 7.05 Å². The molecule has 1 aliphatic heterocycles. The molecule has 0 amide bonds. The third-order valence-corrected chi connectivity index (χ3v) is 2.12. The van der Waals surface area contributed by atoms with Crippen LogP contribution in [0, 0.1) is 0 Å². The fourth-order valence-electron chi connectivity index (χ4n) is 1.21. The van der Waals surface area contributed by atoms with Crippen molar-refractivity contribution >= 4 is 0 Å². The van der Waals surface area contributed by atoms with Gasteiger partial charge < -0.3 is 20.1 Å². The van der Waals surface area contributed by atoms with Gasteiger partial charge in [0.15, 0.2) is 6.23 Å². The van der Waals surface area contributed by atoms with Gasteiger partial charge in [-0.15, -0.1) is 0 Å². The van der Waals surface area contributed by atoms with E-state index in [9.17, 15) is 10.2 Å². The molecule has 1 heterocycles. The largest absolute Gasteiger partial charge is 0.388 e. The summed E-state index contributed by atoms with van der Waals surface area (Å²) in [5, 5.41) is 29.2. The molecule has 1 saturated heterocycles. The number of hydrogen-bond donors (Lipinski definition) is 3. The van der Waals surface area contributed by atoms with Crippen LogP contribution in [0.25, 0.3) is 0 Å². The second-order valence-electron chi connectivity index (χ2n) is 3.00. The predicted octanol–water partition coefficient (Wildman–Crippen LogP) is -2.08. The van der Waals surface area contributed by atoms with Crippen molar-refractivity contribution in [3.63, 3.8) is 0 Å². The third-order valence-electron chi connectivity index (χ3n) is 2.12. The molecule has 0 saturated carbocycles. The number of aliphatic hydroxyl groups excluding tert-OH is 3. The second kappa shape index (κ2) is 4.32.